The van der Waals surface area contributed by atoms with E-state index in [4.69, 9.17) is 10.2 Å². The number of furan rings is 1. The molecule has 1 heterocycles. The fraction of sp³-hybridized carbons (Fsp3) is 0.615. The Labute approximate surface area is 102 Å². The van der Waals surface area contributed by atoms with Crippen molar-refractivity contribution in [1.29, 1.82) is 0 Å². The van der Waals surface area contributed by atoms with Crippen LogP contribution in [0.2, 0.25) is 0 Å². The second-order valence-corrected chi connectivity index (χ2v) is 4.87. The Kier molecular flexibility index (Phi) is 3.84. The van der Waals surface area contributed by atoms with Crippen molar-refractivity contribution in [3.63, 3.8) is 0 Å². The fourth-order valence-corrected chi connectivity index (χ4v) is 2.28. The third-order valence-corrected chi connectivity index (χ3v) is 3.27. The largest absolute Gasteiger partial charge is 0.466 e. The molecule has 1 fully saturated rings. The Bertz CT molecular complexity index is 379. The Morgan fingerprint density at radius 1 is 1.41 bits per heavy atom. The van der Waals surface area contributed by atoms with Gasteiger partial charge in [0, 0.05) is 12.1 Å². The third kappa shape index (κ3) is 3.60. The fourth-order valence-electron chi connectivity index (χ4n) is 2.28. The van der Waals surface area contributed by atoms with Crippen LogP contribution in [0.4, 0.5) is 0 Å². The van der Waals surface area contributed by atoms with Crippen molar-refractivity contribution in [2.24, 2.45) is 5.73 Å². The van der Waals surface area contributed by atoms with Crippen LogP contribution in [0, 0.1) is 6.92 Å². The van der Waals surface area contributed by atoms with E-state index in [9.17, 15) is 4.79 Å². The SMILES string of the molecule is Cc1ccc(CC(=O)NC2CCC(N)CC2)o1. The van der Waals surface area contributed by atoms with Crippen LogP contribution in [0.25, 0.3) is 0 Å². The summed E-state index contributed by atoms with van der Waals surface area (Å²) in [6.07, 6.45) is 4.32. The Morgan fingerprint density at radius 2 is 2.12 bits per heavy atom. The summed E-state index contributed by atoms with van der Waals surface area (Å²) in [4.78, 5) is 11.8. The molecule has 4 heteroatoms. The highest BCUT2D eigenvalue weighted by molar-refractivity contribution is 5.78. The summed E-state index contributed by atoms with van der Waals surface area (Å²) in [6.45, 7) is 1.88. The standard InChI is InChI=1S/C13H20N2O2/c1-9-2-7-12(17-9)8-13(16)15-11-5-3-10(14)4-6-11/h2,7,10-11H,3-6,8,14H2,1H3,(H,15,16). The van der Waals surface area contributed by atoms with Crippen LogP contribution in [-0.4, -0.2) is 18.0 Å². The molecule has 0 radical (unpaired) electrons. The molecule has 1 saturated carbocycles. The molecule has 0 unspecified atom stereocenters. The van der Waals surface area contributed by atoms with Gasteiger partial charge in [-0.25, -0.2) is 0 Å². The molecule has 0 atom stereocenters. The first-order valence-corrected chi connectivity index (χ1v) is 6.24. The molecular formula is C13H20N2O2. The van der Waals surface area contributed by atoms with Gasteiger partial charge < -0.3 is 15.5 Å². The summed E-state index contributed by atoms with van der Waals surface area (Å²) < 4.78 is 5.38. The highest BCUT2D eigenvalue weighted by Crippen LogP contribution is 2.17. The van der Waals surface area contributed by atoms with Gasteiger partial charge in [0.2, 0.25) is 5.91 Å². The number of rotatable bonds is 3. The molecule has 0 saturated heterocycles. The lowest BCUT2D eigenvalue weighted by Crippen LogP contribution is -2.41. The van der Waals surface area contributed by atoms with Gasteiger partial charge in [0.1, 0.15) is 11.5 Å². The monoisotopic (exact) mass is 236 g/mol. The zero-order chi connectivity index (χ0) is 12.3. The average molecular weight is 236 g/mol. The highest BCUT2D eigenvalue weighted by atomic mass is 16.3. The molecule has 0 spiro atoms. The number of carbonyl (C=O) groups excluding carboxylic acids is 1. The molecule has 3 N–H and O–H groups in total. The second kappa shape index (κ2) is 5.36. The van der Waals surface area contributed by atoms with E-state index in [1.54, 1.807) is 0 Å². The minimum Gasteiger partial charge on any atom is -0.466 e. The summed E-state index contributed by atoms with van der Waals surface area (Å²) in [5, 5.41) is 3.04. The lowest BCUT2D eigenvalue weighted by atomic mass is 9.92. The van der Waals surface area contributed by atoms with E-state index in [2.05, 4.69) is 5.32 Å². The molecule has 94 valence electrons. The first-order chi connectivity index (χ1) is 8.13. The van der Waals surface area contributed by atoms with Crippen molar-refractivity contribution in [2.45, 2.75) is 51.1 Å². The van der Waals surface area contributed by atoms with Gasteiger partial charge in [-0.15, -0.1) is 0 Å². The molecule has 1 aromatic heterocycles. The molecule has 1 aliphatic rings. The number of aryl methyl sites for hydroxylation is 1. The molecule has 0 bridgehead atoms. The zero-order valence-electron chi connectivity index (χ0n) is 10.2. The van der Waals surface area contributed by atoms with Gasteiger partial charge in [-0.05, 0) is 44.7 Å². The van der Waals surface area contributed by atoms with Crippen LogP contribution in [0.1, 0.15) is 37.2 Å². The summed E-state index contributed by atoms with van der Waals surface area (Å²) in [6, 6.07) is 4.34. The lowest BCUT2D eigenvalue weighted by Gasteiger charge is -2.26. The first-order valence-electron chi connectivity index (χ1n) is 6.24. The molecule has 1 aliphatic carbocycles. The van der Waals surface area contributed by atoms with Gasteiger partial charge in [0.25, 0.3) is 0 Å². The maximum atomic E-state index is 11.8. The quantitative estimate of drug-likeness (QED) is 0.836. The predicted molar refractivity (Wildman–Crippen MR) is 65.5 cm³/mol. The summed E-state index contributed by atoms with van der Waals surface area (Å²) in [5.41, 5.74) is 5.83. The topological polar surface area (TPSA) is 68.3 Å². The maximum Gasteiger partial charge on any atom is 0.227 e. The smallest absolute Gasteiger partial charge is 0.227 e. The van der Waals surface area contributed by atoms with Crippen LogP contribution in [0.15, 0.2) is 16.5 Å². The van der Waals surface area contributed by atoms with Crippen LogP contribution in [-0.2, 0) is 11.2 Å². The van der Waals surface area contributed by atoms with Crippen LogP contribution in [0.3, 0.4) is 0 Å². The van der Waals surface area contributed by atoms with Gasteiger partial charge in [0.15, 0.2) is 0 Å². The highest BCUT2D eigenvalue weighted by Gasteiger charge is 2.20. The van der Waals surface area contributed by atoms with Crippen LogP contribution in [0.5, 0.6) is 0 Å². The number of carbonyl (C=O) groups is 1. The van der Waals surface area contributed by atoms with Gasteiger partial charge in [0.05, 0.1) is 6.42 Å². The summed E-state index contributed by atoms with van der Waals surface area (Å²) >= 11 is 0. The Balaban J connectivity index is 1.77. The maximum absolute atomic E-state index is 11.8. The van der Waals surface area contributed by atoms with E-state index in [1.807, 2.05) is 19.1 Å². The van der Waals surface area contributed by atoms with Gasteiger partial charge in [-0.1, -0.05) is 0 Å². The molecular weight excluding hydrogens is 216 g/mol. The number of amides is 1. The zero-order valence-corrected chi connectivity index (χ0v) is 10.2. The molecule has 0 aliphatic heterocycles. The van der Waals surface area contributed by atoms with Crippen LogP contribution >= 0.6 is 0 Å². The van der Waals surface area contributed by atoms with Crippen molar-refractivity contribution in [3.05, 3.63) is 23.7 Å². The van der Waals surface area contributed by atoms with E-state index in [1.165, 1.54) is 0 Å². The molecule has 1 aromatic rings. The number of nitrogens with one attached hydrogen (secondary N) is 1. The van der Waals surface area contributed by atoms with E-state index < -0.39 is 0 Å². The van der Waals surface area contributed by atoms with Crippen molar-refractivity contribution in [3.8, 4) is 0 Å². The first kappa shape index (κ1) is 12.2. The van der Waals surface area contributed by atoms with Crippen molar-refractivity contribution in [2.75, 3.05) is 0 Å². The number of hydrogen-bond acceptors (Lipinski definition) is 3. The normalized spacial score (nSPS) is 24.6. The summed E-state index contributed by atoms with van der Waals surface area (Å²) in [7, 11) is 0. The van der Waals surface area contributed by atoms with Crippen molar-refractivity contribution >= 4 is 5.91 Å². The molecule has 0 aromatic carbocycles. The van der Waals surface area contributed by atoms with E-state index >= 15 is 0 Å². The minimum atomic E-state index is 0.0415. The molecule has 4 nitrogen and oxygen atoms in total. The van der Waals surface area contributed by atoms with E-state index in [0.717, 1.165) is 37.2 Å². The molecule has 17 heavy (non-hydrogen) atoms. The lowest BCUT2D eigenvalue weighted by molar-refractivity contribution is -0.121. The molecule has 2 rings (SSSR count). The predicted octanol–water partition coefficient (Wildman–Crippen LogP) is 1.52. The summed E-state index contributed by atoms with van der Waals surface area (Å²) in [5.74, 6) is 1.61. The number of hydrogen-bond donors (Lipinski definition) is 2. The Morgan fingerprint density at radius 3 is 2.71 bits per heavy atom. The second-order valence-electron chi connectivity index (χ2n) is 4.87. The van der Waals surface area contributed by atoms with Gasteiger partial charge in [-0.2, -0.15) is 0 Å². The van der Waals surface area contributed by atoms with Crippen LogP contribution < -0.4 is 11.1 Å². The average Bonchev–Trinajstić information content (AvgIpc) is 2.67. The minimum absolute atomic E-state index is 0.0415. The van der Waals surface area contributed by atoms with E-state index in [0.29, 0.717) is 18.5 Å². The van der Waals surface area contributed by atoms with Crippen molar-refractivity contribution < 1.29 is 9.21 Å². The van der Waals surface area contributed by atoms with Gasteiger partial charge in [-0.3, -0.25) is 4.79 Å². The molecule has 1 amide bonds. The van der Waals surface area contributed by atoms with Gasteiger partial charge >= 0.3 is 0 Å². The van der Waals surface area contributed by atoms with Crippen molar-refractivity contribution in [1.82, 2.24) is 5.32 Å². The number of nitrogens with two attached hydrogens (primary N) is 1. The third-order valence-electron chi connectivity index (χ3n) is 3.27. The van der Waals surface area contributed by atoms with E-state index in [-0.39, 0.29) is 5.91 Å². The Hall–Kier alpha value is -1.29.